The van der Waals surface area contributed by atoms with Gasteiger partial charge in [0.2, 0.25) is 10.0 Å². The number of sulfonamides is 1. The Morgan fingerprint density at radius 2 is 1.95 bits per heavy atom. The largest absolute Gasteiger partial charge is 0.380 e. The van der Waals surface area contributed by atoms with Crippen LogP contribution in [-0.2, 0) is 23.1 Å². The third kappa shape index (κ3) is 3.86. The zero-order chi connectivity index (χ0) is 15.3. The number of anilines is 1. The molecule has 0 aliphatic carbocycles. The number of benzene rings is 1. The maximum absolute atomic E-state index is 12.0. The third-order valence-electron chi connectivity index (χ3n) is 3.22. The van der Waals surface area contributed by atoms with Gasteiger partial charge in [0.05, 0.1) is 5.69 Å². The Morgan fingerprint density at radius 1 is 1.19 bits per heavy atom. The predicted octanol–water partition coefficient (Wildman–Crippen LogP) is 2.42. The van der Waals surface area contributed by atoms with Crippen LogP contribution in [0.15, 0.2) is 47.6 Å². The molecule has 0 aliphatic rings. The number of aromatic nitrogens is 1. The molecule has 1 aromatic heterocycles. The summed E-state index contributed by atoms with van der Waals surface area (Å²) in [5.41, 5.74) is 1.73. The molecule has 2 N–H and O–H groups in total. The van der Waals surface area contributed by atoms with Crippen LogP contribution in [0.2, 0.25) is 0 Å². The normalized spacial score (nSPS) is 11.5. The highest BCUT2D eigenvalue weighted by atomic mass is 32.2. The molecule has 0 spiro atoms. The fourth-order valence-electron chi connectivity index (χ4n) is 2.15. The number of nitrogens with one attached hydrogen (secondary N) is 2. The Labute approximate surface area is 126 Å². The summed E-state index contributed by atoms with van der Waals surface area (Å²) in [5.74, 6) is 0. The smallest absolute Gasteiger partial charge is 0.242 e. The van der Waals surface area contributed by atoms with E-state index in [0.29, 0.717) is 12.2 Å². The minimum absolute atomic E-state index is 0.264. The van der Waals surface area contributed by atoms with Crippen molar-refractivity contribution in [3.05, 3.63) is 48.3 Å². The molecule has 0 bridgehead atoms. The zero-order valence-electron chi connectivity index (χ0n) is 12.3. The van der Waals surface area contributed by atoms with E-state index in [4.69, 9.17) is 0 Å². The number of hydrogen-bond donors (Lipinski definition) is 2. The SMILES string of the molecule is CCCn1ccc(CNc2ccccc2S(=O)(=O)NC)c1. The fourth-order valence-corrected chi connectivity index (χ4v) is 3.05. The van der Waals surface area contributed by atoms with E-state index in [1.807, 2.05) is 18.3 Å². The van der Waals surface area contributed by atoms with Gasteiger partial charge in [-0.3, -0.25) is 0 Å². The minimum atomic E-state index is -3.45. The average Bonchev–Trinajstić information content (AvgIpc) is 2.93. The molecule has 0 radical (unpaired) electrons. The molecule has 0 amide bonds. The van der Waals surface area contributed by atoms with Crippen LogP contribution >= 0.6 is 0 Å². The molecule has 0 saturated heterocycles. The lowest BCUT2D eigenvalue weighted by Gasteiger charge is -2.11. The van der Waals surface area contributed by atoms with Gasteiger partial charge in [-0.05, 0) is 37.2 Å². The number of aryl methyl sites for hydroxylation is 1. The second-order valence-electron chi connectivity index (χ2n) is 4.81. The lowest BCUT2D eigenvalue weighted by Crippen LogP contribution is -2.20. The molecule has 114 valence electrons. The summed E-state index contributed by atoms with van der Waals surface area (Å²) in [6, 6.07) is 8.94. The minimum Gasteiger partial charge on any atom is -0.380 e. The number of nitrogens with zero attached hydrogens (tertiary/aromatic N) is 1. The first kappa shape index (κ1) is 15.6. The van der Waals surface area contributed by atoms with Gasteiger partial charge in [-0.2, -0.15) is 0 Å². The second kappa shape index (κ2) is 6.78. The molecule has 0 atom stereocenters. The fraction of sp³-hybridized carbons (Fsp3) is 0.333. The van der Waals surface area contributed by atoms with E-state index < -0.39 is 10.0 Å². The van der Waals surface area contributed by atoms with Crippen LogP contribution in [0.4, 0.5) is 5.69 Å². The number of rotatable bonds is 7. The van der Waals surface area contributed by atoms with Gasteiger partial charge in [0.25, 0.3) is 0 Å². The van der Waals surface area contributed by atoms with Crippen LogP contribution in [0, 0.1) is 0 Å². The maximum atomic E-state index is 12.0. The zero-order valence-corrected chi connectivity index (χ0v) is 13.2. The van der Waals surface area contributed by atoms with E-state index in [-0.39, 0.29) is 4.90 Å². The first-order chi connectivity index (χ1) is 10.1. The van der Waals surface area contributed by atoms with Crippen LogP contribution in [0.1, 0.15) is 18.9 Å². The molecule has 5 nitrogen and oxygen atoms in total. The van der Waals surface area contributed by atoms with Crippen molar-refractivity contribution in [1.29, 1.82) is 0 Å². The van der Waals surface area contributed by atoms with Crippen LogP contribution in [-0.4, -0.2) is 20.0 Å². The van der Waals surface area contributed by atoms with Crippen molar-refractivity contribution in [3.8, 4) is 0 Å². The molecule has 2 aromatic rings. The monoisotopic (exact) mass is 307 g/mol. The average molecular weight is 307 g/mol. The van der Waals surface area contributed by atoms with Crippen molar-refractivity contribution < 1.29 is 8.42 Å². The van der Waals surface area contributed by atoms with Gasteiger partial charge < -0.3 is 9.88 Å². The molecule has 1 aromatic carbocycles. The summed E-state index contributed by atoms with van der Waals surface area (Å²) in [7, 11) is -2.04. The van der Waals surface area contributed by atoms with E-state index in [1.165, 1.54) is 7.05 Å². The van der Waals surface area contributed by atoms with Crippen molar-refractivity contribution in [2.75, 3.05) is 12.4 Å². The summed E-state index contributed by atoms with van der Waals surface area (Å²) < 4.78 is 28.4. The molecule has 21 heavy (non-hydrogen) atoms. The topological polar surface area (TPSA) is 63.1 Å². The summed E-state index contributed by atoms with van der Waals surface area (Å²) in [6.07, 6.45) is 5.20. The van der Waals surface area contributed by atoms with Gasteiger partial charge in [-0.1, -0.05) is 19.1 Å². The Kier molecular flexibility index (Phi) is 5.03. The molecular weight excluding hydrogens is 286 g/mol. The summed E-state index contributed by atoms with van der Waals surface area (Å²) in [4.78, 5) is 0.264. The highest BCUT2D eigenvalue weighted by Crippen LogP contribution is 2.21. The van der Waals surface area contributed by atoms with Crippen molar-refractivity contribution >= 4 is 15.7 Å². The van der Waals surface area contributed by atoms with Crippen molar-refractivity contribution in [1.82, 2.24) is 9.29 Å². The van der Waals surface area contributed by atoms with E-state index in [2.05, 4.69) is 27.7 Å². The maximum Gasteiger partial charge on any atom is 0.242 e. The highest BCUT2D eigenvalue weighted by Gasteiger charge is 2.15. The Balaban J connectivity index is 2.13. The van der Waals surface area contributed by atoms with Crippen LogP contribution < -0.4 is 10.0 Å². The quantitative estimate of drug-likeness (QED) is 0.826. The molecule has 0 fully saturated rings. The Hall–Kier alpha value is -1.79. The van der Waals surface area contributed by atoms with E-state index in [9.17, 15) is 8.42 Å². The molecule has 0 aliphatic heterocycles. The van der Waals surface area contributed by atoms with Crippen LogP contribution in [0.3, 0.4) is 0 Å². The molecule has 0 unspecified atom stereocenters. The van der Waals surface area contributed by atoms with Gasteiger partial charge in [0.1, 0.15) is 4.90 Å². The predicted molar refractivity (Wildman–Crippen MR) is 84.7 cm³/mol. The molecule has 1 heterocycles. The molecular formula is C15H21N3O2S. The summed E-state index contributed by atoms with van der Waals surface area (Å²) in [5, 5.41) is 3.19. The van der Waals surface area contributed by atoms with Gasteiger partial charge in [0, 0.05) is 25.5 Å². The Bertz CT molecular complexity index is 692. The second-order valence-corrected chi connectivity index (χ2v) is 6.67. The summed E-state index contributed by atoms with van der Waals surface area (Å²) >= 11 is 0. The van der Waals surface area contributed by atoms with Gasteiger partial charge >= 0.3 is 0 Å². The lowest BCUT2D eigenvalue weighted by molar-refractivity contribution is 0.588. The van der Waals surface area contributed by atoms with E-state index in [1.54, 1.807) is 18.2 Å². The molecule has 2 rings (SSSR count). The van der Waals surface area contributed by atoms with E-state index >= 15 is 0 Å². The number of hydrogen-bond acceptors (Lipinski definition) is 3. The standard InChI is InChI=1S/C15H21N3O2S/c1-3-9-18-10-8-13(12-18)11-17-14-6-4-5-7-15(14)21(19,20)16-2/h4-8,10,12,16-17H,3,9,11H2,1-2H3. The van der Waals surface area contributed by atoms with Crippen molar-refractivity contribution in [3.63, 3.8) is 0 Å². The number of para-hydroxylation sites is 1. The lowest BCUT2D eigenvalue weighted by atomic mass is 10.3. The van der Waals surface area contributed by atoms with Crippen LogP contribution in [0.25, 0.3) is 0 Å². The van der Waals surface area contributed by atoms with Gasteiger partial charge in [-0.25, -0.2) is 13.1 Å². The van der Waals surface area contributed by atoms with Crippen molar-refractivity contribution in [2.45, 2.75) is 31.3 Å². The third-order valence-corrected chi connectivity index (χ3v) is 4.69. The first-order valence-electron chi connectivity index (χ1n) is 6.98. The summed E-state index contributed by atoms with van der Waals surface area (Å²) in [6.45, 7) is 3.72. The van der Waals surface area contributed by atoms with E-state index in [0.717, 1.165) is 18.5 Å². The van der Waals surface area contributed by atoms with Crippen molar-refractivity contribution in [2.24, 2.45) is 0 Å². The first-order valence-corrected chi connectivity index (χ1v) is 8.46. The molecule has 6 heteroatoms. The highest BCUT2D eigenvalue weighted by molar-refractivity contribution is 7.89. The Morgan fingerprint density at radius 3 is 2.67 bits per heavy atom. The van der Waals surface area contributed by atoms with Crippen LogP contribution in [0.5, 0.6) is 0 Å². The van der Waals surface area contributed by atoms with Gasteiger partial charge in [-0.15, -0.1) is 0 Å². The van der Waals surface area contributed by atoms with Gasteiger partial charge in [0.15, 0.2) is 0 Å². The molecule has 0 saturated carbocycles.